The number of halogens is 2. The molecular formula is C16H15F2NO2. The van der Waals surface area contributed by atoms with Crippen molar-refractivity contribution in [1.82, 2.24) is 0 Å². The third-order valence-electron chi connectivity index (χ3n) is 3.28. The van der Waals surface area contributed by atoms with Gasteiger partial charge in [-0.05, 0) is 30.2 Å². The SMILES string of the molecule is Cc1c(NCc2ccc(C(F)F)cc2)cccc1C(=O)O. The van der Waals surface area contributed by atoms with Crippen LogP contribution in [0, 0.1) is 6.92 Å². The highest BCUT2D eigenvalue weighted by molar-refractivity contribution is 5.91. The highest BCUT2D eigenvalue weighted by Crippen LogP contribution is 2.21. The predicted molar refractivity (Wildman–Crippen MR) is 76.9 cm³/mol. The van der Waals surface area contributed by atoms with Crippen LogP contribution in [-0.4, -0.2) is 11.1 Å². The van der Waals surface area contributed by atoms with Crippen molar-refractivity contribution in [3.05, 3.63) is 64.7 Å². The summed E-state index contributed by atoms with van der Waals surface area (Å²) in [6.07, 6.45) is -2.47. The fourth-order valence-corrected chi connectivity index (χ4v) is 2.04. The van der Waals surface area contributed by atoms with Crippen LogP contribution in [-0.2, 0) is 6.54 Å². The molecule has 0 radical (unpaired) electrons. The van der Waals surface area contributed by atoms with Gasteiger partial charge in [0.05, 0.1) is 5.56 Å². The normalized spacial score (nSPS) is 10.7. The van der Waals surface area contributed by atoms with E-state index in [9.17, 15) is 13.6 Å². The number of benzene rings is 2. The number of rotatable bonds is 5. The molecule has 0 heterocycles. The van der Waals surface area contributed by atoms with Crippen LogP contribution >= 0.6 is 0 Å². The summed E-state index contributed by atoms with van der Waals surface area (Å²) >= 11 is 0. The highest BCUT2D eigenvalue weighted by Gasteiger charge is 2.10. The number of carboxylic acid groups (broad SMARTS) is 1. The van der Waals surface area contributed by atoms with Gasteiger partial charge in [0.25, 0.3) is 6.43 Å². The van der Waals surface area contributed by atoms with Gasteiger partial charge in [-0.2, -0.15) is 0 Å². The third-order valence-corrected chi connectivity index (χ3v) is 3.28. The highest BCUT2D eigenvalue weighted by atomic mass is 19.3. The zero-order chi connectivity index (χ0) is 15.4. The summed E-state index contributed by atoms with van der Waals surface area (Å²) in [6, 6.07) is 11.0. The Hall–Kier alpha value is -2.43. The maximum atomic E-state index is 12.5. The molecule has 0 aromatic heterocycles. The van der Waals surface area contributed by atoms with E-state index < -0.39 is 12.4 Å². The topological polar surface area (TPSA) is 49.3 Å². The van der Waals surface area contributed by atoms with Crippen molar-refractivity contribution in [2.24, 2.45) is 0 Å². The lowest BCUT2D eigenvalue weighted by atomic mass is 10.1. The number of hydrogen-bond donors (Lipinski definition) is 2. The summed E-state index contributed by atoms with van der Waals surface area (Å²) in [5.74, 6) is -0.975. The molecule has 0 aliphatic heterocycles. The van der Waals surface area contributed by atoms with Crippen LogP contribution in [0.15, 0.2) is 42.5 Å². The minimum Gasteiger partial charge on any atom is -0.478 e. The predicted octanol–water partition coefficient (Wildman–Crippen LogP) is 4.24. The average molecular weight is 291 g/mol. The molecule has 2 aromatic carbocycles. The Morgan fingerprint density at radius 3 is 2.43 bits per heavy atom. The Kier molecular flexibility index (Phi) is 4.52. The maximum absolute atomic E-state index is 12.5. The summed E-state index contributed by atoms with van der Waals surface area (Å²) in [6.45, 7) is 2.17. The van der Waals surface area contributed by atoms with E-state index >= 15 is 0 Å². The van der Waals surface area contributed by atoms with Gasteiger partial charge in [-0.25, -0.2) is 13.6 Å². The van der Waals surface area contributed by atoms with E-state index in [0.29, 0.717) is 17.8 Å². The number of aromatic carboxylic acids is 1. The van der Waals surface area contributed by atoms with Crippen molar-refractivity contribution in [2.45, 2.75) is 19.9 Å². The zero-order valence-electron chi connectivity index (χ0n) is 11.4. The van der Waals surface area contributed by atoms with E-state index in [1.54, 1.807) is 37.3 Å². The maximum Gasteiger partial charge on any atom is 0.336 e. The van der Waals surface area contributed by atoms with Crippen LogP contribution in [0.5, 0.6) is 0 Å². The number of nitrogens with one attached hydrogen (secondary N) is 1. The number of carbonyl (C=O) groups is 1. The molecule has 0 amide bonds. The smallest absolute Gasteiger partial charge is 0.336 e. The number of anilines is 1. The summed E-state index contributed by atoms with van der Waals surface area (Å²) < 4.78 is 24.9. The average Bonchev–Trinajstić information content (AvgIpc) is 2.46. The molecule has 0 atom stereocenters. The molecule has 0 aliphatic carbocycles. The molecule has 0 spiro atoms. The molecular weight excluding hydrogens is 276 g/mol. The summed E-state index contributed by atoms with van der Waals surface area (Å²) in [5, 5.41) is 12.2. The van der Waals surface area contributed by atoms with Crippen LogP contribution in [0.4, 0.5) is 14.5 Å². The van der Waals surface area contributed by atoms with Gasteiger partial charge in [-0.1, -0.05) is 30.3 Å². The number of carboxylic acids is 1. The first kappa shape index (κ1) is 15.0. The number of hydrogen-bond acceptors (Lipinski definition) is 2. The van der Waals surface area contributed by atoms with Crippen molar-refractivity contribution >= 4 is 11.7 Å². The lowest BCUT2D eigenvalue weighted by molar-refractivity contribution is 0.0696. The van der Waals surface area contributed by atoms with Crippen LogP contribution in [0.3, 0.4) is 0 Å². The molecule has 3 nitrogen and oxygen atoms in total. The molecule has 0 bridgehead atoms. The Morgan fingerprint density at radius 1 is 1.19 bits per heavy atom. The van der Waals surface area contributed by atoms with Gasteiger partial charge in [0.1, 0.15) is 0 Å². The third kappa shape index (κ3) is 3.56. The Labute approximate surface area is 121 Å². The molecule has 0 aliphatic rings. The summed E-state index contributed by atoms with van der Waals surface area (Å²) in [7, 11) is 0. The van der Waals surface area contributed by atoms with Gasteiger partial charge in [-0.3, -0.25) is 0 Å². The zero-order valence-corrected chi connectivity index (χ0v) is 11.4. The first-order valence-corrected chi connectivity index (χ1v) is 6.43. The second kappa shape index (κ2) is 6.35. The Morgan fingerprint density at radius 2 is 1.86 bits per heavy atom. The molecule has 5 heteroatoms. The second-order valence-corrected chi connectivity index (χ2v) is 4.68. The van der Waals surface area contributed by atoms with Crippen molar-refractivity contribution in [1.29, 1.82) is 0 Å². The van der Waals surface area contributed by atoms with Crippen molar-refractivity contribution in [3.63, 3.8) is 0 Å². The molecule has 0 unspecified atom stereocenters. The van der Waals surface area contributed by atoms with E-state index in [2.05, 4.69) is 5.32 Å². The standard InChI is InChI=1S/C16H15F2NO2/c1-10-13(16(20)21)3-2-4-14(10)19-9-11-5-7-12(8-6-11)15(17)18/h2-8,15,19H,9H2,1H3,(H,20,21). The van der Waals surface area contributed by atoms with Gasteiger partial charge in [0.15, 0.2) is 0 Å². The molecule has 110 valence electrons. The second-order valence-electron chi connectivity index (χ2n) is 4.68. The minimum absolute atomic E-state index is 0.0113. The van der Waals surface area contributed by atoms with E-state index in [4.69, 9.17) is 5.11 Å². The minimum atomic E-state index is -2.47. The van der Waals surface area contributed by atoms with Crippen LogP contribution in [0.2, 0.25) is 0 Å². The largest absolute Gasteiger partial charge is 0.478 e. The molecule has 2 N–H and O–H groups in total. The van der Waals surface area contributed by atoms with Gasteiger partial charge < -0.3 is 10.4 Å². The summed E-state index contributed by atoms with van der Waals surface area (Å²) in [5.41, 5.74) is 2.44. The van der Waals surface area contributed by atoms with Gasteiger partial charge in [0.2, 0.25) is 0 Å². The quantitative estimate of drug-likeness (QED) is 0.866. The monoisotopic (exact) mass is 291 g/mol. The Bertz CT molecular complexity index is 639. The van der Waals surface area contributed by atoms with E-state index in [0.717, 1.165) is 5.56 Å². The summed E-state index contributed by atoms with van der Waals surface area (Å²) in [4.78, 5) is 11.1. The fraction of sp³-hybridized carbons (Fsp3) is 0.188. The molecule has 0 saturated carbocycles. The van der Waals surface area contributed by atoms with Crippen LogP contribution in [0.25, 0.3) is 0 Å². The number of alkyl halides is 2. The van der Waals surface area contributed by atoms with Crippen molar-refractivity contribution < 1.29 is 18.7 Å². The van der Waals surface area contributed by atoms with Gasteiger partial charge in [0, 0.05) is 17.8 Å². The molecule has 0 saturated heterocycles. The van der Waals surface area contributed by atoms with Gasteiger partial charge >= 0.3 is 5.97 Å². The van der Waals surface area contributed by atoms with Crippen molar-refractivity contribution in [2.75, 3.05) is 5.32 Å². The van der Waals surface area contributed by atoms with E-state index in [-0.39, 0.29) is 11.1 Å². The van der Waals surface area contributed by atoms with Crippen molar-refractivity contribution in [3.8, 4) is 0 Å². The van der Waals surface area contributed by atoms with E-state index in [1.165, 1.54) is 12.1 Å². The van der Waals surface area contributed by atoms with Gasteiger partial charge in [-0.15, -0.1) is 0 Å². The van der Waals surface area contributed by atoms with Crippen LogP contribution in [0.1, 0.15) is 33.5 Å². The molecule has 2 aromatic rings. The molecule has 2 rings (SSSR count). The lowest BCUT2D eigenvalue weighted by Gasteiger charge is -2.12. The fourth-order valence-electron chi connectivity index (χ4n) is 2.04. The molecule has 21 heavy (non-hydrogen) atoms. The van der Waals surface area contributed by atoms with Crippen LogP contribution < -0.4 is 5.32 Å². The first-order chi connectivity index (χ1) is 9.99. The lowest BCUT2D eigenvalue weighted by Crippen LogP contribution is -2.05. The first-order valence-electron chi connectivity index (χ1n) is 6.43. The Balaban J connectivity index is 2.09. The molecule has 0 fully saturated rings. The van der Waals surface area contributed by atoms with E-state index in [1.807, 2.05) is 0 Å².